The molecule has 2 rings (SSSR count). The second-order valence-electron chi connectivity index (χ2n) is 3.59. The normalized spacial score (nSPS) is 11.6. The van der Waals surface area contributed by atoms with Crippen LogP contribution in [0.4, 0.5) is 10.1 Å². The number of sulfonamides is 1. The molecule has 96 valence electrons. The molecule has 1 heterocycles. The summed E-state index contributed by atoms with van der Waals surface area (Å²) in [5, 5.41) is 0. The molecule has 0 aliphatic rings. The first-order valence-electron chi connectivity index (χ1n) is 5.06. The molecule has 0 fully saturated rings. The quantitative estimate of drug-likeness (QED) is 0.824. The first kappa shape index (κ1) is 12.6. The molecule has 2 aromatic rings. The Hall–Kier alpha value is -1.86. The molecule has 0 unspecified atom stereocenters. The van der Waals surface area contributed by atoms with Crippen molar-refractivity contribution in [3.05, 3.63) is 48.2 Å². The Morgan fingerprint density at radius 2 is 2.11 bits per heavy atom. The van der Waals surface area contributed by atoms with Crippen molar-refractivity contribution in [3.8, 4) is 0 Å². The van der Waals surface area contributed by atoms with Crippen LogP contribution in [0, 0.1) is 5.82 Å². The third-order valence-electron chi connectivity index (χ3n) is 2.28. The lowest BCUT2D eigenvalue weighted by Crippen LogP contribution is -2.24. The Labute approximate surface area is 103 Å². The van der Waals surface area contributed by atoms with E-state index in [1.807, 2.05) is 0 Å². The number of furan rings is 1. The molecule has 0 spiro atoms. The number of hydrogen-bond acceptors (Lipinski definition) is 4. The van der Waals surface area contributed by atoms with Gasteiger partial charge in [-0.2, -0.15) is 0 Å². The maximum absolute atomic E-state index is 12.8. The Balaban J connectivity index is 2.20. The van der Waals surface area contributed by atoms with Gasteiger partial charge in [0, 0.05) is 0 Å². The minimum Gasteiger partial charge on any atom is -0.468 e. The van der Waals surface area contributed by atoms with Crippen molar-refractivity contribution < 1.29 is 17.2 Å². The fraction of sp³-hybridized carbons (Fsp3) is 0.0909. The summed E-state index contributed by atoms with van der Waals surface area (Å²) in [5.41, 5.74) is 5.34. The molecule has 0 radical (unpaired) electrons. The van der Waals surface area contributed by atoms with Gasteiger partial charge in [0.2, 0.25) is 10.0 Å². The Morgan fingerprint density at radius 3 is 2.72 bits per heavy atom. The van der Waals surface area contributed by atoms with Crippen LogP contribution in [-0.2, 0) is 16.6 Å². The van der Waals surface area contributed by atoms with Gasteiger partial charge in [0.15, 0.2) is 0 Å². The maximum atomic E-state index is 12.8. The fourth-order valence-electron chi connectivity index (χ4n) is 1.42. The Kier molecular flexibility index (Phi) is 3.35. The van der Waals surface area contributed by atoms with E-state index in [1.165, 1.54) is 6.26 Å². The number of benzene rings is 1. The lowest BCUT2D eigenvalue weighted by molar-refractivity contribution is 0.498. The van der Waals surface area contributed by atoms with Gasteiger partial charge in [0.05, 0.1) is 18.5 Å². The van der Waals surface area contributed by atoms with Gasteiger partial charge in [-0.05, 0) is 30.3 Å². The van der Waals surface area contributed by atoms with Crippen LogP contribution in [0.1, 0.15) is 5.76 Å². The van der Waals surface area contributed by atoms with Crippen molar-refractivity contribution >= 4 is 15.7 Å². The second kappa shape index (κ2) is 4.79. The van der Waals surface area contributed by atoms with Crippen LogP contribution in [0.3, 0.4) is 0 Å². The first-order valence-corrected chi connectivity index (χ1v) is 6.54. The van der Waals surface area contributed by atoms with Gasteiger partial charge in [-0.3, -0.25) is 0 Å². The molecule has 0 bridgehead atoms. The summed E-state index contributed by atoms with van der Waals surface area (Å²) in [5.74, 6) is -0.114. The smallest absolute Gasteiger partial charge is 0.243 e. The van der Waals surface area contributed by atoms with Crippen LogP contribution < -0.4 is 10.5 Å². The molecule has 0 aliphatic heterocycles. The molecule has 5 nitrogen and oxygen atoms in total. The number of nitrogen functional groups attached to an aromatic ring is 1. The average molecular weight is 270 g/mol. The highest BCUT2D eigenvalue weighted by molar-refractivity contribution is 7.89. The number of nitrogens with one attached hydrogen (secondary N) is 1. The van der Waals surface area contributed by atoms with E-state index in [-0.39, 0.29) is 17.1 Å². The highest BCUT2D eigenvalue weighted by Crippen LogP contribution is 2.19. The fourth-order valence-corrected chi connectivity index (χ4v) is 2.53. The molecule has 0 saturated carbocycles. The topological polar surface area (TPSA) is 85.3 Å². The Morgan fingerprint density at radius 1 is 1.33 bits per heavy atom. The van der Waals surface area contributed by atoms with Crippen LogP contribution in [0.5, 0.6) is 0 Å². The molecule has 18 heavy (non-hydrogen) atoms. The number of hydrogen-bond donors (Lipinski definition) is 2. The predicted octanol–water partition coefficient (Wildman–Crippen LogP) is 1.48. The van der Waals surface area contributed by atoms with Crippen molar-refractivity contribution in [2.45, 2.75) is 11.4 Å². The summed E-state index contributed by atoms with van der Waals surface area (Å²) in [6.07, 6.45) is 1.44. The molecular weight excluding hydrogens is 259 g/mol. The minimum absolute atomic E-state index is 0.00610. The van der Waals surface area contributed by atoms with E-state index < -0.39 is 15.8 Å². The molecule has 3 N–H and O–H groups in total. The van der Waals surface area contributed by atoms with E-state index in [0.717, 1.165) is 18.2 Å². The van der Waals surface area contributed by atoms with Crippen LogP contribution >= 0.6 is 0 Å². The van der Waals surface area contributed by atoms with Gasteiger partial charge in [0.1, 0.15) is 16.5 Å². The van der Waals surface area contributed by atoms with Crippen molar-refractivity contribution in [1.29, 1.82) is 0 Å². The maximum Gasteiger partial charge on any atom is 0.243 e. The molecule has 0 amide bonds. The molecule has 0 aliphatic carbocycles. The predicted molar refractivity (Wildman–Crippen MR) is 63.5 cm³/mol. The number of rotatable bonds is 4. The monoisotopic (exact) mass is 270 g/mol. The highest BCUT2D eigenvalue weighted by Gasteiger charge is 2.17. The molecule has 7 heteroatoms. The van der Waals surface area contributed by atoms with Gasteiger partial charge in [-0.25, -0.2) is 17.5 Å². The molecular formula is C11H11FN2O3S. The van der Waals surface area contributed by atoms with Crippen LogP contribution in [-0.4, -0.2) is 8.42 Å². The Bertz CT molecular complexity index is 638. The van der Waals surface area contributed by atoms with Crippen molar-refractivity contribution in [2.75, 3.05) is 5.73 Å². The van der Waals surface area contributed by atoms with E-state index in [2.05, 4.69) is 4.72 Å². The van der Waals surface area contributed by atoms with E-state index in [0.29, 0.717) is 5.76 Å². The third-order valence-corrected chi connectivity index (χ3v) is 3.75. The number of halogens is 1. The minimum atomic E-state index is -3.79. The lowest BCUT2D eigenvalue weighted by Gasteiger charge is -2.07. The zero-order chi connectivity index (χ0) is 13.2. The SMILES string of the molecule is Nc1cc(F)ccc1S(=O)(=O)NCc1ccco1. The van der Waals surface area contributed by atoms with E-state index in [1.54, 1.807) is 12.1 Å². The number of nitrogens with two attached hydrogens (primary N) is 1. The van der Waals surface area contributed by atoms with E-state index in [4.69, 9.17) is 10.2 Å². The van der Waals surface area contributed by atoms with Gasteiger partial charge < -0.3 is 10.2 Å². The standard InChI is InChI=1S/C11H11FN2O3S/c12-8-3-4-11(10(13)6-8)18(15,16)14-7-9-2-1-5-17-9/h1-6,14H,7,13H2. The molecule has 0 atom stereocenters. The van der Waals surface area contributed by atoms with Gasteiger partial charge in [0.25, 0.3) is 0 Å². The first-order chi connectivity index (χ1) is 8.49. The van der Waals surface area contributed by atoms with Crippen LogP contribution in [0.25, 0.3) is 0 Å². The molecule has 1 aromatic heterocycles. The van der Waals surface area contributed by atoms with Crippen molar-refractivity contribution in [3.63, 3.8) is 0 Å². The van der Waals surface area contributed by atoms with Gasteiger partial charge in [-0.15, -0.1) is 0 Å². The summed E-state index contributed by atoms with van der Waals surface area (Å²) in [7, 11) is -3.79. The van der Waals surface area contributed by atoms with Crippen molar-refractivity contribution in [2.24, 2.45) is 0 Å². The molecule has 0 saturated heterocycles. The summed E-state index contributed by atoms with van der Waals surface area (Å²) in [4.78, 5) is -0.157. The highest BCUT2D eigenvalue weighted by atomic mass is 32.2. The zero-order valence-electron chi connectivity index (χ0n) is 9.26. The van der Waals surface area contributed by atoms with Gasteiger partial charge >= 0.3 is 0 Å². The van der Waals surface area contributed by atoms with E-state index in [9.17, 15) is 12.8 Å². The lowest BCUT2D eigenvalue weighted by atomic mass is 10.3. The largest absolute Gasteiger partial charge is 0.468 e. The van der Waals surface area contributed by atoms with Crippen LogP contribution in [0.2, 0.25) is 0 Å². The van der Waals surface area contributed by atoms with Gasteiger partial charge in [-0.1, -0.05) is 0 Å². The zero-order valence-corrected chi connectivity index (χ0v) is 10.1. The summed E-state index contributed by atoms with van der Waals surface area (Å²) in [6, 6.07) is 6.40. The van der Waals surface area contributed by atoms with Crippen molar-refractivity contribution in [1.82, 2.24) is 4.72 Å². The summed E-state index contributed by atoms with van der Waals surface area (Å²) in [6.45, 7) is 0.00610. The third kappa shape index (κ3) is 2.69. The number of anilines is 1. The summed E-state index contributed by atoms with van der Waals surface area (Å²) < 4.78 is 44.0. The van der Waals surface area contributed by atoms with E-state index >= 15 is 0 Å². The second-order valence-corrected chi connectivity index (χ2v) is 5.32. The summed E-state index contributed by atoms with van der Waals surface area (Å²) >= 11 is 0. The average Bonchev–Trinajstić information content (AvgIpc) is 2.78. The van der Waals surface area contributed by atoms with Crippen LogP contribution in [0.15, 0.2) is 45.9 Å². The molecule has 1 aromatic carbocycles.